The Hall–Kier alpha value is -1.35. The van der Waals surface area contributed by atoms with Gasteiger partial charge in [-0.1, -0.05) is 43.2 Å². The zero-order chi connectivity index (χ0) is 14.7. The maximum Gasteiger partial charge on any atom is 0.237 e. The molecule has 1 saturated carbocycles. The molecule has 3 unspecified atom stereocenters. The maximum atomic E-state index is 12.5. The first-order valence-electron chi connectivity index (χ1n) is 8.35. The van der Waals surface area contributed by atoms with Crippen molar-refractivity contribution in [3.05, 3.63) is 35.9 Å². The van der Waals surface area contributed by atoms with Gasteiger partial charge < -0.3 is 10.6 Å². The molecule has 0 bridgehead atoms. The lowest BCUT2D eigenvalue weighted by Gasteiger charge is -2.40. The van der Waals surface area contributed by atoms with E-state index in [9.17, 15) is 4.79 Å². The molecule has 0 aromatic heterocycles. The Morgan fingerprint density at radius 3 is 2.71 bits per heavy atom. The molecule has 4 atom stereocenters. The van der Waals surface area contributed by atoms with Crippen LogP contribution in [0.15, 0.2) is 30.3 Å². The molecular weight excluding hydrogens is 260 g/mol. The predicted octanol–water partition coefficient (Wildman–Crippen LogP) is 3.17. The maximum absolute atomic E-state index is 12.5. The van der Waals surface area contributed by atoms with E-state index in [4.69, 9.17) is 0 Å². The summed E-state index contributed by atoms with van der Waals surface area (Å²) in [7, 11) is 0. The fraction of sp³-hybridized carbons (Fsp3) is 0.611. The molecule has 0 radical (unpaired) electrons. The number of hydrogen-bond donors (Lipinski definition) is 2. The summed E-state index contributed by atoms with van der Waals surface area (Å²) in [6.45, 7) is 2.06. The summed E-state index contributed by atoms with van der Waals surface area (Å²) >= 11 is 0. The summed E-state index contributed by atoms with van der Waals surface area (Å²) in [6, 6.07) is 10.8. The highest BCUT2D eigenvalue weighted by molar-refractivity contribution is 5.82. The number of carbonyl (C=O) groups is 1. The fourth-order valence-electron chi connectivity index (χ4n) is 3.84. The molecular formula is C18H26N2O. The van der Waals surface area contributed by atoms with E-state index >= 15 is 0 Å². The Bertz CT molecular complexity index is 473. The predicted molar refractivity (Wildman–Crippen MR) is 84.9 cm³/mol. The van der Waals surface area contributed by atoms with E-state index in [0.717, 1.165) is 17.9 Å². The van der Waals surface area contributed by atoms with Crippen molar-refractivity contribution in [3.63, 3.8) is 0 Å². The van der Waals surface area contributed by atoms with E-state index in [1.54, 1.807) is 0 Å². The molecule has 1 heterocycles. The van der Waals surface area contributed by atoms with Gasteiger partial charge in [0.05, 0.1) is 12.1 Å². The van der Waals surface area contributed by atoms with E-state index in [1.165, 1.54) is 32.1 Å². The average Bonchev–Trinajstić information content (AvgIpc) is 2.55. The van der Waals surface area contributed by atoms with Crippen LogP contribution in [0, 0.1) is 5.92 Å². The number of fused-ring (bicyclic) bond motifs is 1. The Morgan fingerprint density at radius 1 is 1.14 bits per heavy atom. The Kier molecular flexibility index (Phi) is 4.59. The van der Waals surface area contributed by atoms with Crippen LogP contribution in [0.5, 0.6) is 0 Å². The van der Waals surface area contributed by atoms with Gasteiger partial charge in [-0.15, -0.1) is 0 Å². The molecule has 114 valence electrons. The van der Waals surface area contributed by atoms with E-state index < -0.39 is 0 Å². The van der Waals surface area contributed by atoms with Crippen molar-refractivity contribution in [2.45, 2.75) is 63.6 Å². The van der Waals surface area contributed by atoms with Crippen molar-refractivity contribution in [1.82, 2.24) is 10.6 Å². The average molecular weight is 286 g/mol. The minimum Gasteiger partial charge on any atom is -0.348 e. The third-order valence-corrected chi connectivity index (χ3v) is 5.13. The first-order chi connectivity index (χ1) is 10.2. The van der Waals surface area contributed by atoms with Gasteiger partial charge in [0, 0.05) is 6.04 Å². The largest absolute Gasteiger partial charge is 0.348 e. The lowest BCUT2D eigenvalue weighted by molar-refractivity contribution is -0.125. The van der Waals surface area contributed by atoms with Gasteiger partial charge >= 0.3 is 0 Å². The van der Waals surface area contributed by atoms with Gasteiger partial charge in [0.25, 0.3) is 0 Å². The zero-order valence-electron chi connectivity index (χ0n) is 12.8. The molecule has 1 aromatic rings. The van der Waals surface area contributed by atoms with Crippen molar-refractivity contribution in [2.75, 3.05) is 0 Å². The van der Waals surface area contributed by atoms with Gasteiger partial charge in [0.15, 0.2) is 0 Å². The summed E-state index contributed by atoms with van der Waals surface area (Å²) in [6.07, 6.45) is 7.44. The molecule has 3 heteroatoms. The lowest BCUT2D eigenvalue weighted by Crippen LogP contribution is -2.55. The Balaban J connectivity index is 1.56. The summed E-state index contributed by atoms with van der Waals surface area (Å²) in [5, 5.41) is 6.76. The zero-order valence-corrected chi connectivity index (χ0v) is 12.8. The fourth-order valence-corrected chi connectivity index (χ4v) is 3.84. The van der Waals surface area contributed by atoms with Crippen LogP contribution in [-0.4, -0.2) is 18.0 Å². The summed E-state index contributed by atoms with van der Waals surface area (Å²) < 4.78 is 0. The van der Waals surface area contributed by atoms with Crippen LogP contribution in [0.2, 0.25) is 0 Å². The second-order valence-electron chi connectivity index (χ2n) is 6.59. The normalized spacial score (nSPS) is 30.2. The summed E-state index contributed by atoms with van der Waals surface area (Å²) in [4.78, 5) is 12.5. The number of hydrogen-bond acceptors (Lipinski definition) is 2. The molecule has 2 N–H and O–H groups in total. The number of piperidine rings is 1. The third-order valence-electron chi connectivity index (χ3n) is 5.13. The molecule has 1 aliphatic carbocycles. The van der Waals surface area contributed by atoms with Gasteiger partial charge in [-0.3, -0.25) is 4.79 Å². The first kappa shape index (κ1) is 14.6. The van der Waals surface area contributed by atoms with Crippen LogP contribution in [0.3, 0.4) is 0 Å². The molecule has 1 aromatic carbocycles. The van der Waals surface area contributed by atoms with E-state index in [1.807, 2.05) is 18.2 Å². The summed E-state index contributed by atoms with van der Waals surface area (Å²) in [5.41, 5.74) is 1.16. The minimum atomic E-state index is -0.00416. The number of nitrogens with one attached hydrogen (secondary N) is 2. The Morgan fingerprint density at radius 2 is 1.90 bits per heavy atom. The monoisotopic (exact) mass is 286 g/mol. The first-order valence-corrected chi connectivity index (χ1v) is 8.35. The van der Waals surface area contributed by atoms with Crippen LogP contribution in [-0.2, 0) is 4.79 Å². The summed E-state index contributed by atoms with van der Waals surface area (Å²) in [5.74, 6) is 0.963. The van der Waals surface area contributed by atoms with Crippen LogP contribution >= 0.6 is 0 Å². The molecule has 3 rings (SSSR count). The Labute approximate surface area is 127 Å². The molecule has 2 aliphatic rings. The van der Waals surface area contributed by atoms with Gasteiger partial charge in [-0.25, -0.2) is 0 Å². The number of rotatable bonds is 3. The molecule has 21 heavy (non-hydrogen) atoms. The second-order valence-corrected chi connectivity index (χ2v) is 6.59. The highest BCUT2D eigenvalue weighted by Crippen LogP contribution is 2.32. The van der Waals surface area contributed by atoms with Crippen LogP contribution < -0.4 is 10.6 Å². The number of benzene rings is 1. The molecule has 0 spiro atoms. The van der Waals surface area contributed by atoms with Gasteiger partial charge in [0.2, 0.25) is 5.91 Å². The van der Waals surface area contributed by atoms with Crippen LogP contribution in [0.4, 0.5) is 0 Å². The van der Waals surface area contributed by atoms with Gasteiger partial charge in [0.1, 0.15) is 0 Å². The van der Waals surface area contributed by atoms with Crippen LogP contribution in [0.1, 0.15) is 57.1 Å². The molecule has 1 aliphatic heterocycles. The van der Waals surface area contributed by atoms with E-state index in [-0.39, 0.29) is 18.0 Å². The van der Waals surface area contributed by atoms with E-state index in [0.29, 0.717) is 6.04 Å². The van der Waals surface area contributed by atoms with E-state index in [2.05, 4.69) is 29.7 Å². The van der Waals surface area contributed by atoms with Crippen molar-refractivity contribution in [2.24, 2.45) is 5.92 Å². The SMILES string of the molecule is C[C@@H](NC(=O)C1CCC2CCCCC2N1)c1ccccc1. The highest BCUT2D eigenvalue weighted by atomic mass is 16.2. The van der Waals surface area contributed by atoms with Gasteiger partial charge in [-0.2, -0.15) is 0 Å². The molecule has 2 fully saturated rings. The molecule has 1 saturated heterocycles. The van der Waals surface area contributed by atoms with Crippen LogP contribution in [0.25, 0.3) is 0 Å². The second kappa shape index (κ2) is 6.61. The van der Waals surface area contributed by atoms with Crippen molar-refractivity contribution in [1.29, 1.82) is 0 Å². The molecule has 3 nitrogen and oxygen atoms in total. The van der Waals surface area contributed by atoms with Crippen molar-refractivity contribution >= 4 is 5.91 Å². The third kappa shape index (κ3) is 3.46. The quantitative estimate of drug-likeness (QED) is 0.896. The smallest absolute Gasteiger partial charge is 0.237 e. The highest BCUT2D eigenvalue weighted by Gasteiger charge is 2.34. The topological polar surface area (TPSA) is 41.1 Å². The molecule has 1 amide bonds. The minimum absolute atomic E-state index is 0.00416. The number of carbonyl (C=O) groups excluding carboxylic acids is 1. The lowest BCUT2D eigenvalue weighted by atomic mass is 9.77. The van der Waals surface area contributed by atoms with Crippen molar-refractivity contribution < 1.29 is 4.79 Å². The van der Waals surface area contributed by atoms with Gasteiger partial charge in [-0.05, 0) is 44.1 Å². The number of amides is 1. The van der Waals surface area contributed by atoms with Crippen molar-refractivity contribution in [3.8, 4) is 0 Å². The standard InChI is InChI=1S/C18H26N2O/c1-13(14-7-3-2-4-8-14)19-18(21)17-12-11-15-9-5-6-10-16(15)20-17/h2-4,7-8,13,15-17,20H,5-6,9-12H2,1H3,(H,19,21)/t13-,15?,16?,17?/m1/s1.